The highest BCUT2D eigenvalue weighted by Crippen LogP contribution is 2.69. The van der Waals surface area contributed by atoms with Gasteiger partial charge in [-0.3, -0.25) is 0 Å². The maximum absolute atomic E-state index is 6.04. The van der Waals surface area contributed by atoms with Gasteiger partial charge in [0.05, 0.1) is 0 Å². The summed E-state index contributed by atoms with van der Waals surface area (Å²) in [6, 6.07) is 0.502. The normalized spacial score (nSPS) is 51.3. The molecule has 3 saturated carbocycles. The van der Waals surface area contributed by atoms with Crippen molar-refractivity contribution in [1.82, 2.24) is 0 Å². The fourth-order valence-electron chi connectivity index (χ4n) is 3.13. The van der Waals surface area contributed by atoms with Crippen molar-refractivity contribution in [3.05, 3.63) is 0 Å². The molecule has 11 heavy (non-hydrogen) atoms. The van der Waals surface area contributed by atoms with Crippen LogP contribution in [0.4, 0.5) is 0 Å². The highest BCUT2D eigenvalue weighted by molar-refractivity contribution is 5.85. The zero-order valence-electron chi connectivity index (χ0n) is 7.55. The monoisotopic (exact) mass is 175 g/mol. The van der Waals surface area contributed by atoms with Crippen LogP contribution in [0.2, 0.25) is 0 Å². The Morgan fingerprint density at radius 1 is 1.27 bits per heavy atom. The first-order valence-electron chi connectivity index (χ1n) is 4.26. The molecule has 2 heteroatoms. The van der Waals surface area contributed by atoms with E-state index in [9.17, 15) is 0 Å². The van der Waals surface area contributed by atoms with E-state index in [1.165, 1.54) is 12.8 Å². The summed E-state index contributed by atoms with van der Waals surface area (Å²) in [7, 11) is 0. The van der Waals surface area contributed by atoms with Gasteiger partial charge >= 0.3 is 0 Å². The number of fused-ring (bicyclic) bond motifs is 1. The van der Waals surface area contributed by atoms with Gasteiger partial charge < -0.3 is 5.73 Å². The Balaban J connectivity index is 0.000000605. The van der Waals surface area contributed by atoms with Gasteiger partial charge in [0.15, 0.2) is 0 Å². The fourth-order valence-corrected chi connectivity index (χ4v) is 3.13. The molecule has 0 heterocycles. The zero-order valence-corrected chi connectivity index (χ0v) is 8.37. The second-order valence-electron chi connectivity index (χ2n) is 4.81. The molecular formula is C9H18ClN. The summed E-state index contributed by atoms with van der Waals surface area (Å²) >= 11 is 0. The van der Waals surface area contributed by atoms with Gasteiger partial charge in [-0.05, 0) is 29.6 Å². The standard InChI is InChI=1S/C9H17N.ClH/c1-8(2)6-4-5-9(8,3)7(6)10;/h6-7H,4-5,10H2,1-3H3;1H. The van der Waals surface area contributed by atoms with Crippen LogP contribution in [0.1, 0.15) is 33.6 Å². The molecule has 0 spiro atoms. The first-order valence-corrected chi connectivity index (χ1v) is 4.26. The van der Waals surface area contributed by atoms with Crippen molar-refractivity contribution in [2.75, 3.05) is 0 Å². The lowest BCUT2D eigenvalue weighted by atomic mass is 9.49. The van der Waals surface area contributed by atoms with E-state index in [0.29, 0.717) is 16.9 Å². The Hall–Kier alpha value is 0.250. The largest absolute Gasteiger partial charge is 0.327 e. The van der Waals surface area contributed by atoms with E-state index in [1.807, 2.05) is 0 Å². The first-order chi connectivity index (χ1) is 4.50. The van der Waals surface area contributed by atoms with Gasteiger partial charge in [0.1, 0.15) is 0 Å². The molecule has 0 aromatic rings. The van der Waals surface area contributed by atoms with E-state index >= 15 is 0 Å². The van der Waals surface area contributed by atoms with Gasteiger partial charge in [-0.25, -0.2) is 0 Å². The molecule has 66 valence electrons. The molecule has 0 radical (unpaired) electrons. The molecule has 3 atom stereocenters. The third kappa shape index (κ3) is 0.714. The Labute approximate surface area is 75.1 Å². The topological polar surface area (TPSA) is 26.0 Å². The van der Waals surface area contributed by atoms with Gasteiger partial charge in [0.25, 0.3) is 0 Å². The van der Waals surface area contributed by atoms with Crippen LogP contribution >= 0.6 is 12.4 Å². The maximum atomic E-state index is 6.04. The van der Waals surface area contributed by atoms with E-state index in [-0.39, 0.29) is 12.4 Å². The van der Waals surface area contributed by atoms with Crippen LogP contribution in [0.15, 0.2) is 0 Å². The molecular weight excluding hydrogens is 158 g/mol. The Bertz CT molecular complexity index is 178. The number of nitrogens with two attached hydrogens (primary N) is 1. The highest BCUT2D eigenvalue weighted by Gasteiger charge is 2.67. The predicted octanol–water partition coefficient (Wildman–Crippen LogP) is 2.19. The van der Waals surface area contributed by atoms with E-state index in [4.69, 9.17) is 5.73 Å². The molecule has 3 fully saturated rings. The van der Waals surface area contributed by atoms with E-state index < -0.39 is 0 Å². The summed E-state index contributed by atoms with van der Waals surface area (Å²) in [6.45, 7) is 7.09. The van der Waals surface area contributed by atoms with Crippen LogP contribution in [-0.4, -0.2) is 6.04 Å². The Morgan fingerprint density at radius 3 is 1.91 bits per heavy atom. The van der Waals surface area contributed by atoms with E-state index in [2.05, 4.69) is 20.8 Å². The first kappa shape index (κ1) is 9.34. The minimum atomic E-state index is 0. The van der Waals surface area contributed by atoms with E-state index in [1.54, 1.807) is 0 Å². The van der Waals surface area contributed by atoms with Gasteiger partial charge in [-0.2, -0.15) is 0 Å². The quantitative estimate of drug-likeness (QED) is 0.600. The lowest BCUT2D eigenvalue weighted by molar-refractivity contribution is -0.0668. The van der Waals surface area contributed by atoms with Crippen molar-refractivity contribution in [2.24, 2.45) is 22.5 Å². The van der Waals surface area contributed by atoms with Crippen molar-refractivity contribution in [2.45, 2.75) is 39.7 Å². The van der Waals surface area contributed by atoms with Crippen molar-refractivity contribution in [3.63, 3.8) is 0 Å². The van der Waals surface area contributed by atoms with Gasteiger partial charge in [0.2, 0.25) is 0 Å². The molecule has 0 aromatic heterocycles. The summed E-state index contributed by atoms with van der Waals surface area (Å²) in [4.78, 5) is 0. The number of halogens is 1. The molecule has 3 aliphatic carbocycles. The molecule has 3 unspecified atom stereocenters. The maximum Gasteiger partial charge on any atom is 0.0132 e. The smallest absolute Gasteiger partial charge is 0.0132 e. The Morgan fingerprint density at radius 2 is 1.82 bits per heavy atom. The van der Waals surface area contributed by atoms with Gasteiger partial charge in [-0.1, -0.05) is 20.8 Å². The third-order valence-corrected chi connectivity index (χ3v) is 4.54. The summed E-state index contributed by atoms with van der Waals surface area (Å²) in [6.07, 6.45) is 2.72. The summed E-state index contributed by atoms with van der Waals surface area (Å²) < 4.78 is 0. The fraction of sp³-hybridized carbons (Fsp3) is 1.00. The van der Waals surface area contributed by atoms with E-state index in [0.717, 1.165) is 5.92 Å². The number of hydrogen-bond donors (Lipinski definition) is 1. The average Bonchev–Trinajstić information content (AvgIpc) is 2.23. The average molecular weight is 176 g/mol. The van der Waals surface area contributed by atoms with Crippen molar-refractivity contribution in [1.29, 1.82) is 0 Å². The molecule has 0 aliphatic heterocycles. The van der Waals surface area contributed by atoms with Crippen molar-refractivity contribution < 1.29 is 0 Å². The lowest BCUT2D eigenvalue weighted by Gasteiger charge is -2.58. The second kappa shape index (κ2) is 2.14. The molecule has 2 bridgehead atoms. The van der Waals surface area contributed by atoms with Crippen LogP contribution in [0.25, 0.3) is 0 Å². The summed E-state index contributed by atoms with van der Waals surface area (Å²) in [5.74, 6) is 0.817. The molecule has 3 aliphatic rings. The molecule has 3 rings (SSSR count). The molecule has 2 N–H and O–H groups in total. The molecule has 0 amide bonds. The zero-order chi connectivity index (χ0) is 7.57. The number of hydrogen-bond acceptors (Lipinski definition) is 1. The van der Waals surface area contributed by atoms with Gasteiger partial charge in [-0.15, -0.1) is 12.4 Å². The summed E-state index contributed by atoms with van der Waals surface area (Å²) in [5.41, 5.74) is 7.04. The highest BCUT2D eigenvalue weighted by atomic mass is 35.5. The van der Waals surface area contributed by atoms with Crippen molar-refractivity contribution in [3.8, 4) is 0 Å². The summed E-state index contributed by atoms with van der Waals surface area (Å²) in [5, 5.41) is 0. The minimum absolute atomic E-state index is 0. The van der Waals surface area contributed by atoms with Crippen LogP contribution in [0.5, 0.6) is 0 Å². The Kier molecular flexibility index (Phi) is 1.82. The van der Waals surface area contributed by atoms with Crippen LogP contribution < -0.4 is 5.73 Å². The van der Waals surface area contributed by atoms with Crippen LogP contribution in [0, 0.1) is 16.7 Å². The molecule has 1 nitrogen and oxygen atoms in total. The minimum Gasteiger partial charge on any atom is -0.327 e. The SMILES string of the molecule is CC1(C)C2CCC1(C)C2N.Cl. The van der Waals surface area contributed by atoms with Gasteiger partial charge in [0, 0.05) is 6.04 Å². The van der Waals surface area contributed by atoms with Crippen LogP contribution in [-0.2, 0) is 0 Å². The predicted molar refractivity (Wildman–Crippen MR) is 49.8 cm³/mol. The van der Waals surface area contributed by atoms with Crippen LogP contribution in [0.3, 0.4) is 0 Å². The second-order valence-corrected chi connectivity index (χ2v) is 4.81. The molecule has 0 aromatic carbocycles. The molecule has 0 saturated heterocycles. The lowest BCUT2D eigenvalue weighted by Crippen LogP contribution is -2.62. The third-order valence-electron chi connectivity index (χ3n) is 4.54. The number of rotatable bonds is 0. The van der Waals surface area contributed by atoms with Crippen molar-refractivity contribution >= 4 is 12.4 Å².